The highest BCUT2D eigenvalue weighted by atomic mass is 14.9. The summed E-state index contributed by atoms with van der Waals surface area (Å²) in [5, 5.41) is 13.2. The van der Waals surface area contributed by atoms with E-state index in [0.717, 1.165) is 37.7 Å². The van der Waals surface area contributed by atoms with E-state index >= 15 is 0 Å². The fourth-order valence-electron chi connectivity index (χ4n) is 8.66. The van der Waals surface area contributed by atoms with E-state index in [0.29, 0.717) is 35.6 Å². The lowest BCUT2D eigenvalue weighted by Crippen LogP contribution is -2.39. The molecule has 0 heterocycles. The zero-order valence-electron chi connectivity index (χ0n) is 26.7. The molecule has 1 aromatic carbocycles. The molecule has 0 bridgehead atoms. The molecule has 230 valence electrons. The van der Waals surface area contributed by atoms with E-state index in [1.165, 1.54) is 56.2 Å². The summed E-state index contributed by atoms with van der Waals surface area (Å²) in [5.74, 6) is 2.99. The van der Waals surface area contributed by atoms with Crippen LogP contribution >= 0.6 is 0 Å². The molecule has 6 atom stereocenters. The first-order chi connectivity index (χ1) is 22.2. The first-order valence-corrected chi connectivity index (χ1v) is 17.6. The average molecular weight is 593 g/mol. The number of hydrogen-bond donors (Lipinski definition) is 1. The molecule has 7 rings (SSSR count). The molecule has 6 aliphatic rings. The van der Waals surface area contributed by atoms with Gasteiger partial charge in [-0.25, -0.2) is 0 Å². The van der Waals surface area contributed by atoms with Crippen molar-refractivity contribution in [2.75, 3.05) is 0 Å². The average Bonchev–Trinajstić information content (AvgIpc) is 3.13. The Morgan fingerprint density at radius 3 is 2.42 bits per heavy atom. The van der Waals surface area contributed by atoms with Crippen molar-refractivity contribution >= 4 is 0 Å². The van der Waals surface area contributed by atoms with Crippen molar-refractivity contribution in [2.24, 2.45) is 23.7 Å². The zero-order valence-corrected chi connectivity index (χ0v) is 26.7. The summed E-state index contributed by atoms with van der Waals surface area (Å²) in [4.78, 5) is 0. The highest BCUT2D eigenvalue weighted by Gasteiger charge is 2.32. The molecule has 0 amide bonds. The lowest BCUT2D eigenvalue weighted by Gasteiger charge is -2.38. The number of rotatable bonds is 7. The maximum absolute atomic E-state index is 9.18. The van der Waals surface area contributed by atoms with Gasteiger partial charge in [0.15, 0.2) is 0 Å². The van der Waals surface area contributed by atoms with Crippen LogP contribution in [0.3, 0.4) is 0 Å². The highest BCUT2D eigenvalue weighted by molar-refractivity contribution is 5.41. The van der Waals surface area contributed by atoms with E-state index in [4.69, 9.17) is 0 Å². The smallest absolute Gasteiger partial charge is 0.0988 e. The molecule has 0 spiro atoms. The summed E-state index contributed by atoms with van der Waals surface area (Å²) in [6, 6.07) is 13.8. The predicted molar refractivity (Wildman–Crippen MR) is 187 cm³/mol. The van der Waals surface area contributed by atoms with Crippen LogP contribution in [0.4, 0.5) is 0 Å². The van der Waals surface area contributed by atoms with Crippen LogP contribution in [0.1, 0.15) is 88.5 Å². The SMILES string of the molecule is N#CC1=CCC(C2CC=C(NC3CC=C(C4=CCC(C5=CC=CC(c6ccccc6)C5)CC4)CC3C3=CCCC=C3)CC2)C=C1. The molecule has 0 saturated carbocycles. The third kappa shape index (κ3) is 7.04. The van der Waals surface area contributed by atoms with E-state index in [2.05, 4.69) is 109 Å². The molecule has 1 N–H and O–H groups in total. The molecule has 0 fully saturated rings. The molecule has 0 saturated heterocycles. The Morgan fingerprint density at radius 2 is 1.69 bits per heavy atom. The Morgan fingerprint density at radius 1 is 0.778 bits per heavy atom. The summed E-state index contributed by atoms with van der Waals surface area (Å²) in [7, 11) is 0. The fourth-order valence-corrected chi connectivity index (χ4v) is 8.66. The van der Waals surface area contributed by atoms with Gasteiger partial charge in [-0.3, -0.25) is 0 Å². The Kier molecular flexibility index (Phi) is 9.34. The van der Waals surface area contributed by atoms with Crippen molar-refractivity contribution in [1.29, 1.82) is 5.26 Å². The predicted octanol–water partition coefficient (Wildman–Crippen LogP) is 10.7. The molecule has 1 aromatic rings. The van der Waals surface area contributed by atoms with Gasteiger partial charge in [0.2, 0.25) is 0 Å². The maximum Gasteiger partial charge on any atom is 0.0988 e. The van der Waals surface area contributed by atoms with E-state index in [1.807, 2.05) is 6.08 Å². The molecule has 6 aliphatic carbocycles. The molecular weight excluding hydrogens is 544 g/mol. The third-order valence-electron chi connectivity index (χ3n) is 11.4. The van der Waals surface area contributed by atoms with Crippen LogP contribution in [-0.4, -0.2) is 6.04 Å². The van der Waals surface area contributed by atoms with Gasteiger partial charge in [-0.2, -0.15) is 5.26 Å². The summed E-state index contributed by atoms with van der Waals surface area (Å²) in [5.41, 5.74) is 10.1. The number of benzene rings is 1. The zero-order chi connectivity index (χ0) is 30.4. The van der Waals surface area contributed by atoms with Crippen molar-refractivity contribution in [3.63, 3.8) is 0 Å². The largest absolute Gasteiger partial charge is 0.385 e. The van der Waals surface area contributed by atoms with Gasteiger partial charge in [0.1, 0.15) is 0 Å². The molecule has 45 heavy (non-hydrogen) atoms. The molecule has 2 nitrogen and oxygen atoms in total. The molecule has 6 unspecified atom stereocenters. The Balaban J connectivity index is 0.995. The maximum atomic E-state index is 9.18. The number of allylic oxidation sites excluding steroid dienone is 16. The minimum atomic E-state index is 0.465. The minimum Gasteiger partial charge on any atom is -0.385 e. The van der Waals surface area contributed by atoms with Crippen LogP contribution in [-0.2, 0) is 0 Å². The third-order valence-corrected chi connectivity index (χ3v) is 11.4. The monoisotopic (exact) mass is 592 g/mol. The van der Waals surface area contributed by atoms with Gasteiger partial charge in [-0.15, -0.1) is 0 Å². The van der Waals surface area contributed by atoms with Gasteiger partial charge >= 0.3 is 0 Å². The second-order valence-corrected chi connectivity index (χ2v) is 14.1. The van der Waals surface area contributed by atoms with Gasteiger partial charge < -0.3 is 5.32 Å². The van der Waals surface area contributed by atoms with Crippen LogP contribution in [0.15, 0.2) is 137 Å². The van der Waals surface area contributed by atoms with Crippen molar-refractivity contribution in [1.82, 2.24) is 5.32 Å². The molecule has 2 heteroatoms. The van der Waals surface area contributed by atoms with Crippen molar-refractivity contribution in [3.05, 3.63) is 142 Å². The Hall–Kier alpha value is -3.83. The topological polar surface area (TPSA) is 35.8 Å². The van der Waals surface area contributed by atoms with Gasteiger partial charge in [0.05, 0.1) is 6.07 Å². The summed E-state index contributed by atoms with van der Waals surface area (Å²) in [6.45, 7) is 0. The molecular formula is C43H48N2. The minimum absolute atomic E-state index is 0.465. The van der Waals surface area contributed by atoms with Crippen LogP contribution in [0.5, 0.6) is 0 Å². The van der Waals surface area contributed by atoms with E-state index in [9.17, 15) is 5.26 Å². The number of hydrogen-bond acceptors (Lipinski definition) is 2. The van der Waals surface area contributed by atoms with E-state index in [-0.39, 0.29) is 0 Å². The summed E-state index contributed by atoms with van der Waals surface area (Å²) in [6.07, 6.45) is 42.5. The molecule has 0 aromatic heterocycles. The Bertz CT molecular complexity index is 1560. The van der Waals surface area contributed by atoms with Crippen molar-refractivity contribution in [3.8, 4) is 6.07 Å². The van der Waals surface area contributed by atoms with Crippen LogP contribution in [0.2, 0.25) is 0 Å². The Labute approximate surface area is 271 Å². The van der Waals surface area contributed by atoms with Crippen molar-refractivity contribution in [2.45, 2.75) is 89.0 Å². The normalized spacial score (nSPS) is 31.4. The molecule has 0 aliphatic heterocycles. The van der Waals surface area contributed by atoms with Crippen LogP contribution < -0.4 is 5.32 Å². The lowest BCUT2D eigenvalue weighted by molar-refractivity contribution is 0.339. The molecule has 0 radical (unpaired) electrons. The fraction of sp³-hybridized carbons (Fsp3) is 0.419. The number of nitriles is 1. The quantitative estimate of drug-likeness (QED) is 0.342. The van der Waals surface area contributed by atoms with Gasteiger partial charge in [-0.05, 0) is 123 Å². The van der Waals surface area contributed by atoms with E-state index in [1.54, 1.807) is 22.3 Å². The second-order valence-electron chi connectivity index (χ2n) is 14.1. The summed E-state index contributed by atoms with van der Waals surface area (Å²) < 4.78 is 0. The lowest BCUT2D eigenvalue weighted by atomic mass is 9.72. The standard InChI is InChI=1S/C43H48N2/c44-30-31-14-16-33(17-15-31)34-22-25-41(26-23-34)45-43-27-24-40(29-42(43)37-10-5-2-6-11-37)36-20-18-35(19-21-36)39-13-7-12-38(28-39)32-8-3-1-4-9-32/h1,3-5,7-16,20,24-25,33-35,38,42-43,45H,2,6,17-19,21-23,26-29H2. The van der Waals surface area contributed by atoms with E-state index < -0.39 is 0 Å². The number of nitrogens with one attached hydrogen (secondary N) is 1. The summed E-state index contributed by atoms with van der Waals surface area (Å²) >= 11 is 0. The first kappa shape index (κ1) is 29.9. The van der Waals surface area contributed by atoms with Gasteiger partial charge in [-0.1, -0.05) is 103 Å². The van der Waals surface area contributed by atoms with Crippen LogP contribution in [0.25, 0.3) is 0 Å². The highest BCUT2D eigenvalue weighted by Crippen LogP contribution is 2.43. The van der Waals surface area contributed by atoms with Crippen molar-refractivity contribution < 1.29 is 0 Å². The number of nitrogens with zero attached hydrogens (tertiary/aromatic N) is 1. The van der Waals surface area contributed by atoms with Gasteiger partial charge in [0.25, 0.3) is 0 Å². The van der Waals surface area contributed by atoms with Gasteiger partial charge in [0, 0.05) is 29.1 Å². The second kappa shape index (κ2) is 14.1. The van der Waals surface area contributed by atoms with Crippen LogP contribution in [0, 0.1) is 35.0 Å². The first-order valence-electron chi connectivity index (χ1n) is 17.6.